The number of carbonyl (C=O) groups excluding carboxylic acids is 1. The summed E-state index contributed by atoms with van der Waals surface area (Å²) in [7, 11) is 1.44. The molecule has 2 fully saturated rings. The molecular weight excluding hydrogens is 280 g/mol. The first-order chi connectivity index (χ1) is 10.3. The number of ether oxygens (including phenoxy) is 3. The molecule has 2 saturated heterocycles. The van der Waals surface area contributed by atoms with Crippen LogP contribution in [0.4, 0.5) is 0 Å². The molecule has 0 aromatic carbocycles. The summed E-state index contributed by atoms with van der Waals surface area (Å²) in [6.45, 7) is 10.7. The van der Waals surface area contributed by atoms with E-state index >= 15 is 0 Å². The lowest BCUT2D eigenvalue weighted by molar-refractivity contribution is -0.356. The molecule has 0 saturated carbocycles. The fraction of sp³-hybridized carbons (Fsp3) is 0.944. The molecule has 0 unspecified atom stereocenters. The number of carbonyl (C=O) groups is 1. The maximum Gasteiger partial charge on any atom is 0.311 e. The second-order valence-corrected chi connectivity index (χ2v) is 7.40. The van der Waals surface area contributed by atoms with E-state index in [1.165, 1.54) is 7.11 Å². The van der Waals surface area contributed by atoms with E-state index in [0.717, 1.165) is 25.7 Å². The maximum absolute atomic E-state index is 11.9. The van der Waals surface area contributed by atoms with Gasteiger partial charge < -0.3 is 14.2 Å². The van der Waals surface area contributed by atoms with Crippen molar-refractivity contribution in [1.29, 1.82) is 0 Å². The van der Waals surface area contributed by atoms with Gasteiger partial charge in [0.05, 0.1) is 25.2 Å². The predicted octanol–water partition coefficient (Wildman–Crippen LogP) is 3.78. The number of hydrogen-bond donors (Lipinski definition) is 0. The summed E-state index contributed by atoms with van der Waals surface area (Å²) in [5.74, 6) is 0.280. The summed E-state index contributed by atoms with van der Waals surface area (Å²) >= 11 is 0. The van der Waals surface area contributed by atoms with Gasteiger partial charge in [-0.05, 0) is 38.0 Å². The molecule has 0 bridgehead atoms. The fourth-order valence-corrected chi connectivity index (χ4v) is 4.23. The van der Waals surface area contributed by atoms with Crippen LogP contribution in [0.2, 0.25) is 0 Å². The highest BCUT2D eigenvalue weighted by Crippen LogP contribution is 2.47. The van der Waals surface area contributed by atoms with Crippen LogP contribution in [0.15, 0.2) is 0 Å². The third-order valence-corrected chi connectivity index (χ3v) is 5.77. The third kappa shape index (κ3) is 3.18. The van der Waals surface area contributed by atoms with E-state index in [1.54, 1.807) is 0 Å². The fourth-order valence-electron chi connectivity index (χ4n) is 4.23. The topological polar surface area (TPSA) is 44.8 Å². The molecular formula is C18H32O4. The summed E-state index contributed by atoms with van der Waals surface area (Å²) in [5.41, 5.74) is 0. The number of rotatable bonds is 3. The Bertz CT molecular complexity index is 397. The van der Waals surface area contributed by atoms with Crippen molar-refractivity contribution in [3.8, 4) is 0 Å². The highest BCUT2D eigenvalue weighted by Gasteiger charge is 2.52. The molecule has 7 atom stereocenters. The summed E-state index contributed by atoms with van der Waals surface area (Å²) in [6.07, 6.45) is 4.19. The largest absolute Gasteiger partial charge is 0.469 e. The van der Waals surface area contributed by atoms with Crippen molar-refractivity contribution in [1.82, 2.24) is 0 Å². The first-order valence-corrected chi connectivity index (χ1v) is 8.78. The minimum Gasteiger partial charge on any atom is -0.469 e. The molecule has 0 amide bonds. The van der Waals surface area contributed by atoms with Crippen LogP contribution in [0, 0.1) is 23.7 Å². The molecule has 2 aliphatic heterocycles. The Morgan fingerprint density at radius 1 is 1.27 bits per heavy atom. The maximum atomic E-state index is 11.9. The average Bonchev–Trinajstić information content (AvgIpc) is 2.51. The normalized spacial score (nSPS) is 43.8. The van der Waals surface area contributed by atoms with Gasteiger partial charge >= 0.3 is 5.97 Å². The molecule has 0 aliphatic carbocycles. The lowest BCUT2D eigenvalue weighted by atomic mass is 9.76. The summed E-state index contributed by atoms with van der Waals surface area (Å²) < 4.78 is 17.9. The quantitative estimate of drug-likeness (QED) is 0.744. The van der Waals surface area contributed by atoms with Crippen LogP contribution < -0.4 is 0 Å². The standard InChI is InChI=1S/C18H32O4/c1-7-15-11(2)8-9-18(21-15)13(4)10-12(3)16(22-18)14(5)17(19)20-6/h11-16H,7-10H2,1-6H3/t11-,12-,13-,14+,15+,16-,18+/m0/s1. The van der Waals surface area contributed by atoms with Crippen LogP contribution >= 0.6 is 0 Å². The summed E-state index contributed by atoms with van der Waals surface area (Å²) in [4.78, 5) is 11.9. The Balaban J connectivity index is 2.19. The highest BCUT2D eigenvalue weighted by molar-refractivity contribution is 5.72. The Labute approximate surface area is 134 Å². The van der Waals surface area contributed by atoms with Gasteiger partial charge in [-0.3, -0.25) is 4.79 Å². The second kappa shape index (κ2) is 6.88. The molecule has 2 rings (SSSR count). The van der Waals surface area contributed by atoms with Crippen molar-refractivity contribution in [2.75, 3.05) is 7.11 Å². The Morgan fingerprint density at radius 3 is 2.55 bits per heavy atom. The molecule has 22 heavy (non-hydrogen) atoms. The summed E-state index contributed by atoms with van der Waals surface area (Å²) in [5, 5.41) is 0. The monoisotopic (exact) mass is 312 g/mol. The van der Waals surface area contributed by atoms with E-state index in [4.69, 9.17) is 14.2 Å². The zero-order chi connectivity index (χ0) is 16.5. The van der Waals surface area contributed by atoms with Gasteiger partial charge in [-0.25, -0.2) is 0 Å². The molecule has 0 radical (unpaired) electrons. The van der Waals surface area contributed by atoms with Crippen molar-refractivity contribution in [3.63, 3.8) is 0 Å². The molecule has 4 heteroatoms. The van der Waals surface area contributed by atoms with Gasteiger partial charge in [-0.2, -0.15) is 0 Å². The van der Waals surface area contributed by atoms with Crippen LogP contribution in [0.25, 0.3) is 0 Å². The lowest BCUT2D eigenvalue weighted by Crippen LogP contribution is -2.58. The molecule has 2 heterocycles. The minimum atomic E-state index is -0.521. The third-order valence-electron chi connectivity index (χ3n) is 5.77. The van der Waals surface area contributed by atoms with Crippen LogP contribution in [-0.2, 0) is 19.0 Å². The van der Waals surface area contributed by atoms with Crippen LogP contribution in [0.3, 0.4) is 0 Å². The number of esters is 1. The lowest BCUT2D eigenvalue weighted by Gasteiger charge is -2.53. The predicted molar refractivity (Wildman–Crippen MR) is 85.3 cm³/mol. The zero-order valence-corrected chi connectivity index (χ0v) is 14.9. The first-order valence-electron chi connectivity index (χ1n) is 8.78. The van der Waals surface area contributed by atoms with E-state index in [9.17, 15) is 4.79 Å². The number of hydrogen-bond acceptors (Lipinski definition) is 4. The number of methoxy groups -OCH3 is 1. The van der Waals surface area contributed by atoms with Crippen molar-refractivity contribution in [2.24, 2.45) is 23.7 Å². The average molecular weight is 312 g/mol. The van der Waals surface area contributed by atoms with Gasteiger partial charge in [0.2, 0.25) is 0 Å². The van der Waals surface area contributed by atoms with E-state index in [0.29, 0.717) is 17.8 Å². The van der Waals surface area contributed by atoms with E-state index < -0.39 is 5.79 Å². The minimum absolute atomic E-state index is 0.130. The Hall–Kier alpha value is -0.610. The van der Waals surface area contributed by atoms with E-state index in [2.05, 4.69) is 27.7 Å². The van der Waals surface area contributed by atoms with Crippen molar-refractivity contribution >= 4 is 5.97 Å². The van der Waals surface area contributed by atoms with Gasteiger partial charge in [0.15, 0.2) is 5.79 Å². The smallest absolute Gasteiger partial charge is 0.311 e. The van der Waals surface area contributed by atoms with Gasteiger partial charge in [-0.15, -0.1) is 0 Å². The van der Waals surface area contributed by atoms with Gasteiger partial charge in [0.1, 0.15) is 0 Å². The van der Waals surface area contributed by atoms with E-state index in [-0.39, 0.29) is 24.1 Å². The van der Waals surface area contributed by atoms with Crippen molar-refractivity contribution in [2.45, 2.75) is 78.3 Å². The Morgan fingerprint density at radius 2 is 1.95 bits per heavy atom. The van der Waals surface area contributed by atoms with Crippen molar-refractivity contribution in [3.05, 3.63) is 0 Å². The Kier molecular flexibility index (Phi) is 5.54. The molecule has 4 nitrogen and oxygen atoms in total. The first kappa shape index (κ1) is 17.7. The highest BCUT2D eigenvalue weighted by atomic mass is 16.7. The molecule has 2 aliphatic rings. The molecule has 0 aromatic heterocycles. The molecule has 1 spiro atoms. The SMILES string of the molecule is CC[C@H]1O[C@]2(CC[C@@H]1C)O[C@H]([C@@H](C)C(=O)OC)[C@@H](C)C[C@@H]2C. The molecule has 0 N–H and O–H groups in total. The van der Waals surface area contributed by atoms with Gasteiger partial charge in [0, 0.05) is 12.3 Å². The zero-order valence-electron chi connectivity index (χ0n) is 14.9. The molecule has 0 aromatic rings. The second-order valence-electron chi connectivity index (χ2n) is 7.40. The van der Waals surface area contributed by atoms with Crippen molar-refractivity contribution < 1.29 is 19.0 Å². The van der Waals surface area contributed by atoms with Crippen LogP contribution in [0.5, 0.6) is 0 Å². The van der Waals surface area contributed by atoms with E-state index in [1.807, 2.05) is 6.92 Å². The summed E-state index contributed by atoms with van der Waals surface area (Å²) in [6, 6.07) is 0. The van der Waals surface area contributed by atoms with Crippen LogP contribution in [0.1, 0.15) is 60.3 Å². The van der Waals surface area contributed by atoms with Crippen LogP contribution in [-0.4, -0.2) is 31.1 Å². The van der Waals surface area contributed by atoms with Gasteiger partial charge in [-0.1, -0.05) is 27.7 Å². The molecule has 128 valence electrons. The van der Waals surface area contributed by atoms with Gasteiger partial charge in [0.25, 0.3) is 0 Å².